The van der Waals surface area contributed by atoms with Gasteiger partial charge in [-0.2, -0.15) is 0 Å². The number of hydrogen-bond acceptors (Lipinski definition) is 2. The van der Waals surface area contributed by atoms with Crippen molar-refractivity contribution >= 4 is 5.91 Å². The molecule has 0 bridgehead atoms. The Kier molecular flexibility index (Phi) is 3.05. The van der Waals surface area contributed by atoms with E-state index in [1.807, 2.05) is 23.1 Å². The summed E-state index contributed by atoms with van der Waals surface area (Å²) in [6.07, 6.45) is 4.24. The minimum Gasteiger partial charge on any atom is -0.490 e. The second kappa shape index (κ2) is 4.72. The highest BCUT2D eigenvalue weighted by Crippen LogP contribution is 2.29. The summed E-state index contributed by atoms with van der Waals surface area (Å²) in [6, 6.07) is 5.80. The third-order valence-corrected chi connectivity index (χ3v) is 3.87. The number of ether oxygens (including phenoxy) is 1. The van der Waals surface area contributed by atoms with Crippen LogP contribution in [0, 0.1) is 0 Å². The molecule has 19 heavy (non-hydrogen) atoms. The summed E-state index contributed by atoms with van der Waals surface area (Å²) in [7, 11) is 0. The minimum absolute atomic E-state index is 0.131. The van der Waals surface area contributed by atoms with Gasteiger partial charge in [0.1, 0.15) is 11.9 Å². The fourth-order valence-electron chi connectivity index (χ4n) is 2.69. The second-order valence-electron chi connectivity index (χ2n) is 5.51. The molecule has 1 aromatic carbocycles. The van der Waals surface area contributed by atoms with Crippen LogP contribution in [0.5, 0.6) is 5.75 Å². The molecule has 1 amide bonds. The number of rotatable bonds is 1. The third-order valence-electron chi connectivity index (χ3n) is 3.87. The first kappa shape index (κ1) is 12.3. The summed E-state index contributed by atoms with van der Waals surface area (Å²) < 4.78 is 5.67. The van der Waals surface area contributed by atoms with Gasteiger partial charge in [-0.25, -0.2) is 0 Å². The van der Waals surface area contributed by atoms with Crippen molar-refractivity contribution in [2.75, 3.05) is 13.1 Å². The second-order valence-corrected chi connectivity index (χ2v) is 5.51. The monoisotopic (exact) mass is 257 g/mol. The van der Waals surface area contributed by atoms with Crippen LogP contribution in [0.1, 0.15) is 36.2 Å². The maximum absolute atomic E-state index is 12.4. The van der Waals surface area contributed by atoms with E-state index in [2.05, 4.69) is 19.9 Å². The van der Waals surface area contributed by atoms with Crippen molar-refractivity contribution in [3.8, 4) is 5.75 Å². The summed E-state index contributed by atoms with van der Waals surface area (Å²) in [6.45, 7) is 5.73. The standard InChI is InChI=1S/C16H19NO2/c1-11-5-7-17(8-6-11)16(18)13-3-4-15-14(10-13)9-12(2)19-15/h3-5,10,12H,6-9H2,1-2H3. The highest BCUT2D eigenvalue weighted by Gasteiger charge is 2.22. The Balaban J connectivity index is 1.80. The first-order valence-corrected chi connectivity index (χ1v) is 6.88. The van der Waals surface area contributed by atoms with Crippen molar-refractivity contribution < 1.29 is 9.53 Å². The average molecular weight is 257 g/mol. The summed E-state index contributed by atoms with van der Waals surface area (Å²) in [5.41, 5.74) is 3.31. The lowest BCUT2D eigenvalue weighted by Gasteiger charge is -2.25. The fourth-order valence-corrected chi connectivity index (χ4v) is 2.69. The number of fused-ring (bicyclic) bond motifs is 1. The van der Waals surface area contributed by atoms with E-state index in [9.17, 15) is 4.79 Å². The van der Waals surface area contributed by atoms with Crippen molar-refractivity contribution in [1.82, 2.24) is 4.90 Å². The van der Waals surface area contributed by atoms with Crippen LogP contribution in [-0.2, 0) is 6.42 Å². The zero-order valence-electron chi connectivity index (χ0n) is 11.5. The van der Waals surface area contributed by atoms with Gasteiger partial charge < -0.3 is 9.64 Å². The first-order valence-electron chi connectivity index (χ1n) is 6.88. The lowest BCUT2D eigenvalue weighted by Crippen LogP contribution is -2.34. The van der Waals surface area contributed by atoms with Gasteiger partial charge in [0.2, 0.25) is 0 Å². The van der Waals surface area contributed by atoms with Gasteiger partial charge in [0.25, 0.3) is 5.91 Å². The van der Waals surface area contributed by atoms with Crippen LogP contribution in [-0.4, -0.2) is 30.0 Å². The average Bonchev–Trinajstić information content (AvgIpc) is 2.77. The summed E-state index contributed by atoms with van der Waals surface area (Å²) >= 11 is 0. The van der Waals surface area contributed by atoms with Gasteiger partial charge in [0, 0.05) is 25.1 Å². The maximum Gasteiger partial charge on any atom is 0.254 e. The molecule has 2 aliphatic heterocycles. The molecule has 1 atom stereocenters. The number of benzene rings is 1. The normalized spacial score (nSPS) is 21.7. The van der Waals surface area contributed by atoms with Gasteiger partial charge in [-0.1, -0.05) is 11.6 Å². The topological polar surface area (TPSA) is 29.5 Å². The fraction of sp³-hybridized carbons (Fsp3) is 0.438. The van der Waals surface area contributed by atoms with Gasteiger partial charge in [-0.3, -0.25) is 4.79 Å². The number of hydrogen-bond donors (Lipinski definition) is 0. The van der Waals surface area contributed by atoms with Gasteiger partial charge in [-0.05, 0) is 44.0 Å². The molecular weight excluding hydrogens is 238 g/mol. The lowest BCUT2D eigenvalue weighted by atomic mass is 10.0. The van der Waals surface area contributed by atoms with Crippen LogP contribution in [0.15, 0.2) is 29.8 Å². The molecule has 0 saturated heterocycles. The Bertz CT molecular complexity index is 548. The molecule has 0 spiro atoms. The first-order chi connectivity index (χ1) is 9.13. The van der Waals surface area contributed by atoms with E-state index in [1.165, 1.54) is 5.57 Å². The van der Waals surface area contributed by atoms with Crippen molar-refractivity contribution in [3.63, 3.8) is 0 Å². The molecular formula is C16H19NO2. The Morgan fingerprint density at radius 2 is 2.26 bits per heavy atom. The molecule has 0 aromatic heterocycles. The molecule has 3 heteroatoms. The van der Waals surface area contributed by atoms with Crippen molar-refractivity contribution in [3.05, 3.63) is 41.0 Å². The highest BCUT2D eigenvalue weighted by atomic mass is 16.5. The number of carbonyl (C=O) groups excluding carboxylic acids is 1. The van der Waals surface area contributed by atoms with Crippen molar-refractivity contribution in [2.24, 2.45) is 0 Å². The van der Waals surface area contributed by atoms with Crippen LogP contribution in [0.2, 0.25) is 0 Å². The number of amides is 1. The number of carbonyl (C=O) groups is 1. The van der Waals surface area contributed by atoms with E-state index in [4.69, 9.17) is 4.74 Å². The number of nitrogens with zero attached hydrogens (tertiary/aromatic N) is 1. The van der Waals surface area contributed by atoms with Crippen LogP contribution in [0.25, 0.3) is 0 Å². The molecule has 100 valence electrons. The van der Waals surface area contributed by atoms with Gasteiger partial charge in [-0.15, -0.1) is 0 Å². The molecule has 0 fully saturated rings. The van der Waals surface area contributed by atoms with E-state index in [1.54, 1.807) is 0 Å². The van der Waals surface area contributed by atoms with E-state index in [0.29, 0.717) is 0 Å². The Morgan fingerprint density at radius 3 is 3.00 bits per heavy atom. The summed E-state index contributed by atoms with van der Waals surface area (Å²) in [4.78, 5) is 14.4. The van der Waals surface area contributed by atoms with Crippen LogP contribution < -0.4 is 4.74 Å². The molecule has 3 nitrogen and oxygen atoms in total. The van der Waals surface area contributed by atoms with Crippen molar-refractivity contribution in [1.29, 1.82) is 0 Å². The highest BCUT2D eigenvalue weighted by molar-refractivity contribution is 5.95. The van der Waals surface area contributed by atoms with Crippen LogP contribution >= 0.6 is 0 Å². The van der Waals surface area contributed by atoms with E-state index >= 15 is 0 Å². The molecule has 0 radical (unpaired) electrons. The largest absolute Gasteiger partial charge is 0.490 e. The quantitative estimate of drug-likeness (QED) is 0.724. The lowest BCUT2D eigenvalue weighted by molar-refractivity contribution is 0.0769. The summed E-state index contributed by atoms with van der Waals surface area (Å²) in [5, 5.41) is 0. The molecule has 2 heterocycles. The maximum atomic E-state index is 12.4. The molecule has 0 aliphatic carbocycles. The van der Waals surface area contributed by atoms with Crippen LogP contribution in [0.4, 0.5) is 0 Å². The Morgan fingerprint density at radius 1 is 1.42 bits per heavy atom. The molecule has 0 N–H and O–H groups in total. The molecule has 0 saturated carbocycles. The molecule has 1 unspecified atom stereocenters. The van der Waals surface area contributed by atoms with Gasteiger partial charge in [0.15, 0.2) is 0 Å². The Labute approximate surface area is 113 Å². The van der Waals surface area contributed by atoms with E-state index in [0.717, 1.165) is 42.8 Å². The zero-order chi connectivity index (χ0) is 13.4. The molecule has 1 aromatic rings. The van der Waals surface area contributed by atoms with Crippen molar-refractivity contribution in [2.45, 2.75) is 32.8 Å². The molecule has 3 rings (SSSR count). The smallest absolute Gasteiger partial charge is 0.254 e. The van der Waals surface area contributed by atoms with E-state index < -0.39 is 0 Å². The minimum atomic E-state index is 0.131. The SMILES string of the molecule is CC1=CCN(C(=O)c2ccc3c(c2)CC(C)O3)CC1. The Hall–Kier alpha value is -1.77. The predicted octanol–water partition coefficient (Wildman–Crippen LogP) is 2.80. The summed E-state index contributed by atoms with van der Waals surface area (Å²) in [5.74, 6) is 1.06. The zero-order valence-corrected chi connectivity index (χ0v) is 11.5. The van der Waals surface area contributed by atoms with E-state index in [-0.39, 0.29) is 12.0 Å². The predicted molar refractivity (Wildman–Crippen MR) is 74.5 cm³/mol. The third kappa shape index (κ3) is 2.37. The molecule has 2 aliphatic rings. The van der Waals surface area contributed by atoms with Gasteiger partial charge >= 0.3 is 0 Å². The van der Waals surface area contributed by atoms with Crippen LogP contribution in [0.3, 0.4) is 0 Å². The van der Waals surface area contributed by atoms with Gasteiger partial charge in [0.05, 0.1) is 0 Å².